The fourth-order valence-electron chi connectivity index (χ4n) is 1.39. The Morgan fingerprint density at radius 3 is 2.00 bits per heavy atom. The van der Waals surface area contributed by atoms with E-state index in [2.05, 4.69) is 44.5 Å². The summed E-state index contributed by atoms with van der Waals surface area (Å²) in [5.74, 6) is 0. The minimum atomic E-state index is -0.704. The molecular weight excluding hydrogens is 150 g/mol. The summed E-state index contributed by atoms with van der Waals surface area (Å²) < 4.78 is 2.58. The molecule has 0 N–H and O–H groups in total. The number of hydrogen-bond donors (Lipinski definition) is 0. The zero-order chi connectivity index (χ0) is 8.85. The Labute approximate surface area is 72.8 Å². The lowest BCUT2D eigenvalue weighted by molar-refractivity contribution is 0.487. The summed E-state index contributed by atoms with van der Waals surface area (Å²) in [7, 11) is -0.704. The van der Waals surface area contributed by atoms with Gasteiger partial charge in [0.2, 0.25) is 0 Å². The predicted molar refractivity (Wildman–Crippen MR) is 55.4 cm³/mol. The molecule has 0 rings (SSSR count). The van der Waals surface area contributed by atoms with Gasteiger partial charge in [-0.05, 0) is 26.9 Å². The molecule has 0 fully saturated rings. The standard InChI is InChI=1S/C9H21NSi/c1-6-10(7-2)11(5)8-9(3)4/h8,11H,6-7H2,1-5H3. The monoisotopic (exact) mass is 171 g/mol. The van der Waals surface area contributed by atoms with Crippen LogP contribution in [0.5, 0.6) is 0 Å². The summed E-state index contributed by atoms with van der Waals surface area (Å²) in [4.78, 5) is 0. The van der Waals surface area contributed by atoms with E-state index in [9.17, 15) is 0 Å². The van der Waals surface area contributed by atoms with Crippen molar-refractivity contribution in [2.45, 2.75) is 34.2 Å². The highest BCUT2D eigenvalue weighted by molar-refractivity contribution is 6.60. The summed E-state index contributed by atoms with van der Waals surface area (Å²) in [5.41, 5.74) is 3.92. The lowest BCUT2D eigenvalue weighted by Crippen LogP contribution is -2.35. The normalized spacial score (nSPS) is 13.3. The Kier molecular flexibility index (Phi) is 5.51. The van der Waals surface area contributed by atoms with Crippen molar-refractivity contribution in [1.29, 1.82) is 0 Å². The smallest absolute Gasteiger partial charge is 0.133 e. The number of hydrogen-bond acceptors (Lipinski definition) is 1. The lowest BCUT2D eigenvalue weighted by Gasteiger charge is -2.22. The van der Waals surface area contributed by atoms with Crippen LogP contribution in [0.4, 0.5) is 0 Å². The molecule has 0 spiro atoms. The molecule has 0 aromatic carbocycles. The van der Waals surface area contributed by atoms with E-state index in [1.807, 2.05) is 0 Å². The molecule has 2 heteroatoms. The highest BCUT2D eigenvalue weighted by atomic mass is 28.3. The van der Waals surface area contributed by atoms with Gasteiger partial charge in [0.15, 0.2) is 0 Å². The highest BCUT2D eigenvalue weighted by Crippen LogP contribution is 1.99. The van der Waals surface area contributed by atoms with Crippen molar-refractivity contribution in [3.63, 3.8) is 0 Å². The van der Waals surface area contributed by atoms with Crippen molar-refractivity contribution >= 4 is 8.96 Å². The molecule has 0 aromatic rings. The van der Waals surface area contributed by atoms with Gasteiger partial charge in [-0.2, -0.15) is 0 Å². The van der Waals surface area contributed by atoms with Gasteiger partial charge in [-0.1, -0.05) is 31.7 Å². The lowest BCUT2D eigenvalue weighted by atomic mass is 10.4. The van der Waals surface area contributed by atoms with Crippen molar-refractivity contribution in [2.75, 3.05) is 13.1 Å². The minimum absolute atomic E-state index is 0.704. The molecular formula is C9H21NSi. The van der Waals surface area contributed by atoms with Crippen LogP contribution in [0.15, 0.2) is 11.3 Å². The maximum absolute atomic E-state index is 2.58. The SMILES string of the molecule is CCN(CC)[SiH](C)C=C(C)C. The first-order valence-corrected chi connectivity index (χ1v) is 6.84. The van der Waals surface area contributed by atoms with Crippen molar-refractivity contribution < 1.29 is 0 Å². The molecule has 0 aromatic heterocycles. The molecule has 1 unspecified atom stereocenters. The predicted octanol–water partition coefficient (Wildman–Crippen LogP) is 2.19. The molecule has 0 radical (unpaired) electrons. The molecule has 0 aliphatic rings. The molecule has 0 amide bonds. The topological polar surface area (TPSA) is 3.24 Å². The van der Waals surface area contributed by atoms with Crippen LogP contribution < -0.4 is 0 Å². The molecule has 0 aliphatic carbocycles. The molecule has 11 heavy (non-hydrogen) atoms. The average molecular weight is 171 g/mol. The second kappa shape index (κ2) is 5.55. The van der Waals surface area contributed by atoms with Gasteiger partial charge in [0.25, 0.3) is 0 Å². The van der Waals surface area contributed by atoms with Crippen LogP contribution in [-0.4, -0.2) is 26.6 Å². The molecule has 0 aliphatic heterocycles. The van der Waals surface area contributed by atoms with Crippen LogP contribution in [0.2, 0.25) is 6.55 Å². The zero-order valence-corrected chi connectivity index (χ0v) is 9.67. The Hall–Kier alpha value is -0.0831. The van der Waals surface area contributed by atoms with Gasteiger partial charge < -0.3 is 4.57 Å². The molecule has 0 heterocycles. The highest BCUT2D eigenvalue weighted by Gasteiger charge is 2.07. The average Bonchev–Trinajstić information content (AvgIpc) is 1.88. The summed E-state index contributed by atoms with van der Waals surface area (Å²) in [6.07, 6.45) is 0. The minimum Gasteiger partial charge on any atom is -0.323 e. The molecule has 0 saturated heterocycles. The van der Waals surface area contributed by atoms with E-state index in [0.29, 0.717) is 0 Å². The van der Waals surface area contributed by atoms with Gasteiger partial charge in [0.05, 0.1) is 0 Å². The quantitative estimate of drug-likeness (QED) is 0.586. The van der Waals surface area contributed by atoms with E-state index >= 15 is 0 Å². The fraction of sp³-hybridized carbons (Fsp3) is 0.778. The van der Waals surface area contributed by atoms with E-state index in [-0.39, 0.29) is 0 Å². The van der Waals surface area contributed by atoms with Crippen molar-refractivity contribution in [1.82, 2.24) is 4.57 Å². The van der Waals surface area contributed by atoms with Crippen molar-refractivity contribution in [3.8, 4) is 0 Å². The fourth-order valence-corrected chi connectivity index (χ4v) is 3.71. The number of allylic oxidation sites excluding steroid dienone is 1. The maximum Gasteiger partial charge on any atom is 0.133 e. The summed E-state index contributed by atoms with van der Waals surface area (Å²) in [6, 6.07) is 0. The van der Waals surface area contributed by atoms with E-state index in [1.165, 1.54) is 18.7 Å². The third-order valence-electron chi connectivity index (χ3n) is 1.96. The molecule has 0 saturated carbocycles. The molecule has 1 nitrogen and oxygen atoms in total. The third-order valence-corrected chi connectivity index (χ3v) is 4.99. The second-order valence-corrected chi connectivity index (χ2v) is 5.75. The first-order chi connectivity index (χ1) is 5.11. The second-order valence-electron chi connectivity index (χ2n) is 3.21. The summed E-state index contributed by atoms with van der Waals surface area (Å²) >= 11 is 0. The molecule has 1 atom stereocenters. The van der Waals surface area contributed by atoms with Gasteiger partial charge in [-0.15, -0.1) is 0 Å². The van der Waals surface area contributed by atoms with Crippen LogP contribution in [0.3, 0.4) is 0 Å². The van der Waals surface area contributed by atoms with Gasteiger partial charge in [-0.3, -0.25) is 0 Å². The molecule has 0 bridgehead atoms. The van der Waals surface area contributed by atoms with Crippen LogP contribution in [-0.2, 0) is 0 Å². The van der Waals surface area contributed by atoms with Crippen LogP contribution in [0, 0.1) is 0 Å². The van der Waals surface area contributed by atoms with Crippen LogP contribution in [0.1, 0.15) is 27.7 Å². The first kappa shape index (κ1) is 10.9. The Morgan fingerprint density at radius 1 is 1.27 bits per heavy atom. The van der Waals surface area contributed by atoms with Gasteiger partial charge >= 0.3 is 0 Å². The summed E-state index contributed by atoms with van der Waals surface area (Å²) in [5, 5.41) is 0. The van der Waals surface area contributed by atoms with E-state index in [1.54, 1.807) is 0 Å². The third kappa shape index (κ3) is 4.38. The first-order valence-electron chi connectivity index (χ1n) is 4.50. The van der Waals surface area contributed by atoms with Crippen molar-refractivity contribution in [3.05, 3.63) is 11.3 Å². The number of rotatable bonds is 4. The molecule has 66 valence electrons. The number of nitrogens with zero attached hydrogens (tertiary/aromatic N) is 1. The van der Waals surface area contributed by atoms with E-state index in [0.717, 1.165) is 0 Å². The van der Waals surface area contributed by atoms with E-state index in [4.69, 9.17) is 0 Å². The van der Waals surface area contributed by atoms with E-state index < -0.39 is 8.96 Å². The Bertz CT molecular complexity index is 124. The Balaban J connectivity index is 3.98. The zero-order valence-electron chi connectivity index (χ0n) is 8.52. The van der Waals surface area contributed by atoms with Crippen LogP contribution in [0.25, 0.3) is 0 Å². The maximum atomic E-state index is 2.58. The van der Waals surface area contributed by atoms with Gasteiger partial charge in [0, 0.05) is 0 Å². The Morgan fingerprint density at radius 2 is 1.73 bits per heavy atom. The van der Waals surface area contributed by atoms with Crippen LogP contribution >= 0.6 is 0 Å². The van der Waals surface area contributed by atoms with Gasteiger partial charge in [0.1, 0.15) is 8.96 Å². The van der Waals surface area contributed by atoms with Gasteiger partial charge in [-0.25, -0.2) is 0 Å². The largest absolute Gasteiger partial charge is 0.323 e. The summed E-state index contributed by atoms with van der Waals surface area (Å²) in [6.45, 7) is 13.7. The van der Waals surface area contributed by atoms with Crippen molar-refractivity contribution in [2.24, 2.45) is 0 Å².